The molecule has 6 rings (SSSR count). The summed E-state index contributed by atoms with van der Waals surface area (Å²) in [4.78, 5) is 51.5. The fraction of sp³-hybridized carbons (Fsp3) is 0.600. The topological polar surface area (TPSA) is 97.7 Å². The number of hydrogen-bond donors (Lipinski definition) is 1. The first kappa shape index (κ1) is 24.8. The van der Waals surface area contributed by atoms with Crippen molar-refractivity contribution < 1.29 is 29.0 Å². The molecule has 6 aliphatic carbocycles. The van der Waals surface area contributed by atoms with E-state index in [2.05, 4.69) is 13.2 Å². The summed E-state index contributed by atoms with van der Waals surface area (Å²) >= 11 is 6.37. The minimum atomic E-state index is -0.820. The third kappa shape index (κ3) is 2.78. The minimum absolute atomic E-state index is 0.0153. The molecule has 6 nitrogen and oxygen atoms in total. The highest BCUT2D eigenvalue weighted by Crippen LogP contribution is 2.70. The van der Waals surface area contributed by atoms with Crippen LogP contribution >= 0.6 is 11.6 Å². The van der Waals surface area contributed by atoms with Crippen LogP contribution in [0.2, 0.25) is 0 Å². The van der Waals surface area contributed by atoms with Crippen molar-refractivity contribution in [1.29, 1.82) is 0 Å². The second-order valence-corrected chi connectivity index (χ2v) is 13.8. The Hall–Kier alpha value is -2.47. The lowest BCUT2D eigenvalue weighted by molar-refractivity contribution is -0.152. The fourth-order valence-corrected chi connectivity index (χ4v) is 9.61. The average molecular weight is 525 g/mol. The van der Waals surface area contributed by atoms with Gasteiger partial charge in [-0.05, 0) is 87.2 Å². The number of esters is 1. The number of allylic oxidation sites excluding steroid dienone is 5. The molecule has 0 amide bonds. The van der Waals surface area contributed by atoms with Crippen molar-refractivity contribution >= 4 is 35.1 Å². The molecule has 7 heteroatoms. The van der Waals surface area contributed by atoms with Gasteiger partial charge in [0.1, 0.15) is 0 Å². The maximum absolute atomic E-state index is 13.7. The number of carboxylic acids is 1. The summed E-state index contributed by atoms with van der Waals surface area (Å²) in [6.07, 6.45) is 3.35. The zero-order chi connectivity index (χ0) is 27.0. The monoisotopic (exact) mass is 524 g/mol. The van der Waals surface area contributed by atoms with E-state index in [-0.39, 0.29) is 41.0 Å². The quantitative estimate of drug-likeness (QED) is 0.385. The van der Waals surface area contributed by atoms with Crippen LogP contribution in [0.1, 0.15) is 66.2 Å². The highest BCUT2D eigenvalue weighted by atomic mass is 35.5. The van der Waals surface area contributed by atoms with E-state index in [9.17, 15) is 24.3 Å². The predicted octanol–water partition coefficient (Wildman–Crippen LogP) is 5.52. The van der Waals surface area contributed by atoms with Crippen LogP contribution < -0.4 is 0 Å². The number of ketones is 2. The standard InChI is InChI=1S/C30H33ClO6/c1-13-22(32)21(31)17-7-15-10-28(4,12-20(15)29(13,17)5)26(36)37-24-18-8-16-9-27(3,25(34)35)11-19(16)30(18,6)14(2)23(24)33/h15-16,19-20H,1-2,7-12H2,3-6H3,(H,34,35). The van der Waals surface area contributed by atoms with Crippen molar-refractivity contribution in [1.82, 2.24) is 0 Å². The van der Waals surface area contributed by atoms with Crippen molar-refractivity contribution in [2.45, 2.75) is 66.2 Å². The lowest BCUT2D eigenvalue weighted by atomic mass is 9.71. The smallest absolute Gasteiger partial charge is 0.317 e. The Morgan fingerprint density at radius 2 is 1.32 bits per heavy atom. The van der Waals surface area contributed by atoms with Gasteiger partial charge in [-0.3, -0.25) is 19.2 Å². The highest BCUT2D eigenvalue weighted by molar-refractivity contribution is 6.47. The molecule has 0 spiro atoms. The molecule has 8 atom stereocenters. The van der Waals surface area contributed by atoms with Crippen LogP contribution in [-0.2, 0) is 23.9 Å². The molecule has 0 aromatic rings. The van der Waals surface area contributed by atoms with Gasteiger partial charge < -0.3 is 9.84 Å². The maximum atomic E-state index is 13.7. The van der Waals surface area contributed by atoms with Crippen LogP contribution in [0.15, 0.2) is 46.2 Å². The molecular weight excluding hydrogens is 492 g/mol. The number of ether oxygens (including phenoxy) is 1. The molecule has 0 aromatic carbocycles. The van der Waals surface area contributed by atoms with Gasteiger partial charge >= 0.3 is 11.9 Å². The van der Waals surface area contributed by atoms with Gasteiger partial charge in [-0.1, -0.05) is 38.6 Å². The molecule has 0 heterocycles. The molecule has 0 bridgehead atoms. The first-order chi connectivity index (χ1) is 17.1. The van der Waals surface area contributed by atoms with Gasteiger partial charge in [-0.25, -0.2) is 0 Å². The van der Waals surface area contributed by atoms with Gasteiger partial charge in [-0.15, -0.1) is 0 Å². The summed E-state index contributed by atoms with van der Waals surface area (Å²) in [6, 6.07) is 0. The first-order valence-corrected chi connectivity index (χ1v) is 13.5. The summed E-state index contributed by atoms with van der Waals surface area (Å²) in [5, 5.41) is 10.1. The number of hydrogen-bond acceptors (Lipinski definition) is 5. The van der Waals surface area contributed by atoms with Crippen molar-refractivity contribution in [3.63, 3.8) is 0 Å². The minimum Gasteiger partial charge on any atom is -0.481 e. The predicted molar refractivity (Wildman–Crippen MR) is 136 cm³/mol. The molecule has 4 saturated carbocycles. The first-order valence-electron chi connectivity index (χ1n) is 13.2. The summed E-state index contributed by atoms with van der Waals surface area (Å²) < 4.78 is 5.99. The van der Waals surface area contributed by atoms with Gasteiger partial charge in [0.15, 0.2) is 5.76 Å². The van der Waals surface area contributed by atoms with E-state index in [0.717, 1.165) is 11.1 Å². The van der Waals surface area contributed by atoms with Gasteiger partial charge in [0.25, 0.3) is 0 Å². The summed E-state index contributed by atoms with van der Waals surface area (Å²) in [5.74, 6) is -1.31. The van der Waals surface area contributed by atoms with Gasteiger partial charge in [-0.2, -0.15) is 0 Å². The van der Waals surface area contributed by atoms with Crippen molar-refractivity contribution in [2.75, 3.05) is 0 Å². The number of Topliss-reactive ketones (excluding diaryl/α,β-unsaturated/α-hetero) is 2. The Morgan fingerprint density at radius 1 is 0.838 bits per heavy atom. The SMILES string of the molecule is C=C1C(=O)C(Cl)=C2CC3CC(C)(C(=O)OC4=C5CC6CC(C)(C(=O)O)CC6C5(C)C(=C)C4=O)CC3C12C. The van der Waals surface area contributed by atoms with E-state index in [1.54, 1.807) is 6.92 Å². The number of carbonyl (C=O) groups excluding carboxylic acids is 3. The van der Waals surface area contributed by atoms with E-state index in [0.29, 0.717) is 54.7 Å². The molecule has 0 aromatic heterocycles. The Kier molecular flexibility index (Phi) is 4.79. The van der Waals surface area contributed by atoms with E-state index >= 15 is 0 Å². The summed E-state index contributed by atoms with van der Waals surface area (Å²) in [7, 11) is 0. The van der Waals surface area contributed by atoms with Crippen LogP contribution in [0.4, 0.5) is 0 Å². The van der Waals surface area contributed by atoms with Gasteiger partial charge in [0.2, 0.25) is 11.6 Å². The van der Waals surface area contributed by atoms with Gasteiger partial charge in [0, 0.05) is 22.0 Å². The van der Waals surface area contributed by atoms with E-state index in [4.69, 9.17) is 16.3 Å². The van der Waals surface area contributed by atoms with Gasteiger partial charge in [0.05, 0.1) is 15.9 Å². The average Bonchev–Trinajstić information content (AvgIpc) is 3.58. The molecule has 37 heavy (non-hydrogen) atoms. The summed E-state index contributed by atoms with van der Waals surface area (Å²) in [6.45, 7) is 15.8. The van der Waals surface area contributed by atoms with Crippen molar-refractivity contribution in [3.8, 4) is 0 Å². The number of rotatable bonds is 3. The Morgan fingerprint density at radius 3 is 1.92 bits per heavy atom. The lowest BCUT2D eigenvalue weighted by Crippen LogP contribution is -2.31. The molecule has 8 unspecified atom stereocenters. The van der Waals surface area contributed by atoms with Crippen LogP contribution in [0, 0.1) is 45.3 Å². The third-order valence-electron chi connectivity index (χ3n) is 11.5. The van der Waals surface area contributed by atoms with Crippen LogP contribution in [0.3, 0.4) is 0 Å². The molecule has 4 fully saturated rings. The molecular formula is C30H33ClO6. The number of halogens is 1. The Labute approximate surface area is 221 Å². The molecule has 0 radical (unpaired) electrons. The lowest BCUT2D eigenvalue weighted by Gasteiger charge is -2.32. The second-order valence-electron chi connectivity index (χ2n) is 13.4. The zero-order valence-electron chi connectivity index (χ0n) is 21.8. The Bertz CT molecular complexity index is 1330. The Balaban J connectivity index is 1.27. The second kappa shape index (κ2) is 7.13. The van der Waals surface area contributed by atoms with E-state index < -0.39 is 33.6 Å². The number of fused-ring (bicyclic) bond motifs is 6. The molecule has 1 N–H and O–H groups in total. The molecule has 0 saturated heterocycles. The van der Waals surface area contributed by atoms with Crippen LogP contribution in [0.5, 0.6) is 0 Å². The molecule has 0 aliphatic heterocycles. The normalized spacial score (nSPS) is 46.1. The van der Waals surface area contributed by atoms with E-state index in [1.807, 2.05) is 20.8 Å². The molecule has 196 valence electrons. The largest absolute Gasteiger partial charge is 0.481 e. The highest BCUT2D eigenvalue weighted by Gasteiger charge is 2.66. The number of carboxylic acid groups (broad SMARTS) is 1. The summed E-state index contributed by atoms with van der Waals surface area (Å²) in [5.41, 5.74) is -0.169. The number of carbonyl (C=O) groups is 4. The van der Waals surface area contributed by atoms with E-state index in [1.165, 1.54) is 0 Å². The van der Waals surface area contributed by atoms with Crippen molar-refractivity contribution in [3.05, 3.63) is 46.2 Å². The van der Waals surface area contributed by atoms with Crippen molar-refractivity contribution in [2.24, 2.45) is 45.3 Å². The van der Waals surface area contributed by atoms with Crippen LogP contribution in [0.25, 0.3) is 0 Å². The number of aliphatic carboxylic acids is 1. The maximum Gasteiger partial charge on any atom is 0.317 e. The third-order valence-corrected chi connectivity index (χ3v) is 11.9. The molecule has 6 aliphatic rings. The van der Waals surface area contributed by atoms with Crippen LogP contribution in [-0.4, -0.2) is 28.6 Å². The fourth-order valence-electron chi connectivity index (χ4n) is 9.23. The zero-order valence-corrected chi connectivity index (χ0v) is 22.6.